The van der Waals surface area contributed by atoms with Gasteiger partial charge in [0.05, 0.1) is 4.90 Å². The Balaban J connectivity index is 3.13. The van der Waals surface area contributed by atoms with Gasteiger partial charge in [-0.2, -0.15) is 0 Å². The van der Waals surface area contributed by atoms with Gasteiger partial charge < -0.3 is 0 Å². The van der Waals surface area contributed by atoms with Gasteiger partial charge in [0.1, 0.15) is 0 Å². The summed E-state index contributed by atoms with van der Waals surface area (Å²) in [4.78, 5) is 0.00326. The molecule has 0 spiro atoms. The monoisotopic (exact) mass is 260 g/mol. The molecule has 4 nitrogen and oxygen atoms in total. The van der Waals surface area contributed by atoms with Crippen molar-refractivity contribution in [2.24, 2.45) is 0 Å². The quantitative estimate of drug-likeness (QED) is 0.813. The second-order valence-electron chi connectivity index (χ2n) is 3.43. The minimum Gasteiger partial charge on any atom is -0.228 e. The normalized spacial score (nSPS) is 12.3. The molecule has 0 fully saturated rings. The summed E-state index contributed by atoms with van der Waals surface area (Å²) in [5, 5.41) is -0.868. The van der Waals surface area contributed by atoms with Crippen molar-refractivity contribution in [3.63, 3.8) is 0 Å². The maximum Gasteiger partial charge on any atom is 0.192 e. The zero-order valence-electron chi connectivity index (χ0n) is 8.75. The van der Waals surface area contributed by atoms with E-state index in [-0.39, 0.29) is 4.90 Å². The van der Waals surface area contributed by atoms with Crippen LogP contribution < -0.4 is 0 Å². The Morgan fingerprint density at radius 2 is 1.62 bits per heavy atom. The van der Waals surface area contributed by atoms with Gasteiger partial charge >= 0.3 is 0 Å². The molecule has 0 atom stereocenters. The zero-order chi connectivity index (χ0) is 12.4. The first-order chi connectivity index (χ1) is 7.24. The third-order valence-electron chi connectivity index (χ3n) is 1.84. The molecule has 0 N–H and O–H groups in total. The molecule has 0 aliphatic heterocycles. The lowest BCUT2D eigenvalue weighted by atomic mass is 10.2. The Hall–Kier alpha value is -1.14. The number of hydrogen-bond acceptors (Lipinski definition) is 4. The van der Waals surface area contributed by atoms with Crippen molar-refractivity contribution < 1.29 is 16.8 Å². The molecule has 88 valence electrons. The lowest BCUT2D eigenvalue weighted by Crippen LogP contribution is -2.15. The van der Waals surface area contributed by atoms with Gasteiger partial charge in [-0.15, -0.1) is 0 Å². The molecule has 1 aromatic carbocycles. The summed E-state index contributed by atoms with van der Waals surface area (Å²) in [6, 6.07) is 5.89. The second-order valence-corrected chi connectivity index (χ2v) is 7.93. The molecule has 0 radical (unpaired) electrons. The average Bonchev–Trinajstić information content (AvgIpc) is 2.14. The molecule has 0 aliphatic rings. The second kappa shape index (κ2) is 4.39. The topological polar surface area (TPSA) is 68.3 Å². The predicted octanol–water partition coefficient (Wildman–Crippen LogP) is 1.11. The maximum absolute atomic E-state index is 11.6. The van der Waals surface area contributed by atoms with Gasteiger partial charge in [-0.3, -0.25) is 0 Å². The summed E-state index contributed by atoms with van der Waals surface area (Å²) < 4.78 is 45.2. The summed E-state index contributed by atoms with van der Waals surface area (Å²) in [5.74, 6) is 0. The molecule has 0 bridgehead atoms. The van der Waals surface area contributed by atoms with Gasteiger partial charge in [-0.25, -0.2) is 16.8 Å². The number of hydrogen-bond donors (Lipinski definition) is 0. The van der Waals surface area contributed by atoms with E-state index in [0.29, 0.717) is 0 Å². The highest BCUT2D eigenvalue weighted by molar-refractivity contribution is 8.07. The van der Waals surface area contributed by atoms with Crippen molar-refractivity contribution >= 4 is 25.8 Å². The molecule has 0 saturated heterocycles. The molecule has 0 aliphatic carbocycles. The van der Waals surface area contributed by atoms with Crippen LogP contribution in [0, 0.1) is 0 Å². The lowest BCUT2D eigenvalue weighted by molar-refractivity contribution is 0.591. The van der Waals surface area contributed by atoms with Crippen LogP contribution in [0.3, 0.4) is 0 Å². The van der Waals surface area contributed by atoms with E-state index < -0.39 is 24.8 Å². The van der Waals surface area contributed by atoms with Crippen LogP contribution in [-0.2, 0) is 19.7 Å². The SMILES string of the molecule is C=Cc1ccc(S(=O)(=O)CS(C)(=O)=O)cc1. The average molecular weight is 260 g/mol. The summed E-state index contributed by atoms with van der Waals surface area (Å²) in [7, 11) is -7.32. The molecule has 1 rings (SSSR count). The van der Waals surface area contributed by atoms with E-state index >= 15 is 0 Å². The highest BCUT2D eigenvalue weighted by atomic mass is 32.3. The molecule has 0 unspecified atom stereocenters. The Morgan fingerprint density at radius 1 is 1.12 bits per heavy atom. The van der Waals surface area contributed by atoms with E-state index in [1.54, 1.807) is 18.2 Å². The van der Waals surface area contributed by atoms with E-state index in [0.717, 1.165) is 11.8 Å². The van der Waals surface area contributed by atoms with E-state index in [2.05, 4.69) is 6.58 Å². The molecular weight excluding hydrogens is 248 g/mol. The van der Waals surface area contributed by atoms with Crippen LogP contribution in [0.15, 0.2) is 35.7 Å². The van der Waals surface area contributed by atoms with E-state index in [9.17, 15) is 16.8 Å². The van der Waals surface area contributed by atoms with Crippen LogP contribution in [0.1, 0.15) is 5.56 Å². The van der Waals surface area contributed by atoms with Crippen LogP contribution >= 0.6 is 0 Å². The van der Waals surface area contributed by atoms with Crippen LogP contribution in [0.4, 0.5) is 0 Å². The molecular formula is C10H12O4S2. The highest BCUT2D eigenvalue weighted by Gasteiger charge is 2.20. The van der Waals surface area contributed by atoms with Crippen molar-refractivity contribution in [3.05, 3.63) is 36.4 Å². The minimum absolute atomic E-state index is 0.00326. The molecule has 0 amide bonds. The summed E-state index contributed by atoms with van der Waals surface area (Å²) in [6.07, 6.45) is 2.47. The molecule has 0 heterocycles. The van der Waals surface area contributed by atoms with Gasteiger partial charge in [0.2, 0.25) is 0 Å². The number of sulfone groups is 2. The smallest absolute Gasteiger partial charge is 0.192 e. The number of benzene rings is 1. The Morgan fingerprint density at radius 3 is 2.00 bits per heavy atom. The van der Waals surface area contributed by atoms with Gasteiger partial charge in [0, 0.05) is 6.26 Å². The lowest BCUT2D eigenvalue weighted by Gasteiger charge is -2.03. The molecule has 0 saturated carbocycles. The standard InChI is InChI=1S/C10H12O4S2/c1-3-9-4-6-10(7-5-9)16(13,14)8-15(2,11)12/h3-7H,1,8H2,2H3. The van der Waals surface area contributed by atoms with Gasteiger partial charge in [0.15, 0.2) is 24.8 Å². The van der Waals surface area contributed by atoms with Crippen molar-refractivity contribution in [2.75, 3.05) is 11.3 Å². The Kier molecular flexibility index (Phi) is 3.54. The molecule has 6 heteroatoms. The van der Waals surface area contributed by atoms with E-state index in [1.165, 1.54) is 12.1 Å². The predicted molar refractivity (Wildman–Crippen MR) is 63.4 cm³/mol. The fourth-order valence-corrected chi connectivity index (χ4v) is 4.51. The molecule has 1 aromatic rings. The highest BCUT2D eigenvalue weighted by Crippen LogP contribution is 2.14. The maximum atomic E-state index is 11.6. The Bertz CT molecular complexity index is 580. The Labute approximate surface area is 95.5 Å². The summed E-state index contributed by atoms with van der Waals surface area (Å²) >= 11 is 0. The first kappa shape index (κ1) is 12.9. The van der Waals surface area contributed by atoms with Crippen LogP contribution in [0.25, 0.3) is 6.08 Å². The fourth-order valence-electron chi connectivity index (χ4n) is 1.16. The first-order valence-electron chi connectivity index (χ1n) is 4.37. The number of rotatable bonds is 4. The molecule has 16 heavy (non-hydrogen) atoms. The first-order valence-corrected chi connectivity index (χ1v) is 8.09. The van der Waals surface area contributed by atoms with Crippen molar-refractivity contribution in [2.45, 2.75) is 4.90 Å². The summed E-state index contributed by atoms with van der Waals surface area (Å²) in [5.41, 5.74) is 0.776. The van der Waals surface area contributed by atoms with E-state index in [4.69, 9.17) is 0 Å². The zero-order valence-corrected chi connectivity index (χ0v) is 10.4. The van der Waals surface area contributed by atoms with Crippen molar-refractivity contribution in [1.82, 2.24) is 0 Å². The third kappa shape index (κ3) is 3.46. The van der Waals surface area contributed by atoms with Crippen molar-refractivity contribution in [1.29, 1.82) is 0 Å². The fraction of sp³-hybridized carbons (Fsp3) is 0.200. The molecule has 0 aromatic heterocycles. The third-order valence-corrected chi connectivity index (χ3v) is 5.79. The van der Waals surface area contributed by atoms with Crippen LogP contribution in [-0.4, -0.2) is 28.2 Å². The van der Waals surface area contributed by atoms with Gasteiger partial charge in [-0.1, -0.05) is 24.8 Å². The summed E-state index contributed by atoms with van der Waals surface area (Å²) in [6.45, 7) is 3.54. The van der Waals surface area contributed by atoms with Gasteiger partial charge in [-0.05, 0) is 17.7 Å². The largest absolute Gasteiger partial charge is 0.228 e. The minimum atomic E-state index is -3.77. The van der Waals surface area contributed by atoms with Crippen molar-refractivity contribution in [3.8, 4) is 0 Å². The van der Waals surface area contributed by atoms with E-state index in [1.807, 2.05) is 0 Å². The van der Waals surface area contributed by atoms with Gasteiger partial charge in [0.25, 0.3) is 0 Å². The van der Waals surface area contributed by atoms with Crippen LogP contribution in [0.5, 0.6) is 0 Å². The van der Waals surface area contributed by atoms with Crippen LogP contribution in [0.2, 0.25) is 0 Å².